The smallest absolute Gasteiger partial charge is 0.0468 e. The number of H-pyrrole nitrogens is 1. The van der Waals surface area contributed by atoms with Gasteiger partial charge in [0.2, 0.25) is 0 Å². The second kappa shape index (κ2) is 5.39. The summed E-state index contributed by atoms with van der Waals surface area (Å²) in [6, 6.07) is 6.10. The number of nitrogens with zero attached hydrogens (tertiary/aromatic N) is 1. The summed E-state index contributed by atoms with van der Waals surface area (Å²) in [4.78, 5) is 7.26. The van der Waals surface area contributed by atoms with Gasteiger partial charge < -0.3 is 9.88 Å². The van der Waals surface area contributed by atoms with E-state index in [1.165, 1.54) is 47.4 Å². The van der Waals surface area contributed by atoms with Crippen LogP contribution in [0.1, 0.15) is 18.5 Å². The lowest BCUT2D eigenvalue weighted by atomic mass is 10.1. The molecule has 19 heavy (non-hydrogen) atoms. The van der Waals surface area contributed by atoms with Crippen LogP contribution in [-0.4, -0.2) is 35.3 Å². The van der Waals surface area contributed by atoms with Gasteiger partial charge in [0.1, 0.15) is 0 Å². The molecule has 1 aromatic heterocycles. The molecule has 1 fully saturated rings. The van der Waals surface area contributed by atoms with Crippen LogP contribution in [0.5, 0.6) is 0 Å². The number of aromatic amines is 1. The van der Waals surface area contributed by atoms with Crippen molar-refractivity contribution in [2.24, 2.45) is 0 Å². The molecule has 4 heteroatoms. The van der Waals surface area contributed by atoms with Crippen molar-refractivity contribution in [2.45, 2.75) is 29.9 Å². The molecule has 0 saturated carbocycles. The molecule has 0 amide bonds. The number of likely N-dealkylation sites (tertiary alicyclic amines) is 1. The highest BCUT2D eigenvalue weighted by molar-refractivity contribution is 8.00. The Morgan fingerprint density at radius 2 is 2.05 bits per heavy atom. The lowest BCUT2D eigenvalue weighted by molar-refractivity contribution is 0.282. The highest BCUT2D eigenvalue weighted by Gasteiger charge is 2.20. The zero-order chi connectivity index (χ0) is 13.4. The standard InChI is InChI=1S/C15H19ClN2S/c1-10-15(19-12-5-7-18(2)8-6-12)13-9-11(16)3-4-14(13)17-10/h3-4,9,12,17H,5-8H2,1-2H3. The van der Waals surface area contributed by atoms with E-state index in [4.69, 9.17) is 11.6 Å². The molecule has 2 aromatic rings. The molecule has 1 aliphatic heterocycles. The predicted molar refractivity (Wildman–Crippen MR) is 84.4 cm³/mol. The van der Waals surface area contributed by atoms with Crippen molar-refractivity contribution in [3.05, 3.63) is 28.9 Å². The van der Waals surface area contributed by atoms with Crippen molar-refractivity contribution < 1.29 is 0 Å². The Labute approximate surface area is 123 Å². The van der Waals surface area contributed by atoms with Crippen LogP contribution in [0.15, 0.2) is 23.1 Å². The second-order valence-electron chi connectivity index (χ2n) is 5.39. The Balaban J connectivity index is 1.87. The van der Waals surface area contributed by atoms with Gasteiger partial charge in [-0.15, -0.1) is 11.8 Å². The molecule has 1 saturated heterocycles. The van der Waals surface area contributed by atoms with Gasteiger partial charge in [-0.05, 0) is 58.1 Å². The number of hydrogen-bond acceptors (Lipinski definition) is 2. The molecule has 1 aliphatic rings. The third-order valence-corrected chi connectivity index (χ3v) is 5.64. The molecule has 2 nitrogen and oxygen atoms in total. The van der Waals surface area contributed by atoms with E-state index < -0.39 is 0 Å². The summed E-state index contributed by atoms with van der Waals surface area (Å²) in [6.45, 7) is 4.57. The fraction of sp³-hybridized carbons (Fsp3) is 0.467. The molecule has 1 aromatic carbocycles. The van der Waals surface area contributed by atoms with Crippen LogP contribution in [0, 0.1) is 6.92 Å². The number of nitrogens with one attached hydrogen (secondary N) is 1. The molecular formula is C15H19ClN2S. The second-order valence-corrected chi connectivity index (χ2v) is 7.14. The van der Waals surface area contributed by atoms with Crippen molar-refractivity contribution in [3.8, 4) is 0 Å². The summed E-state index contributed by atoms with van der Waals surface area (Å²) in [6.07, 6.45) is 2.54. The first kappa shape index (κ1) is 13.3. The first-order chi connectivity index (χ1) is 9.13. The average molecular weight is 295 g/mol. The molecule has 102 valence electrons. The van der Waals surface area contributed by atoms with E-state index in [2.05, 4.69) is 36.0 Å². The van der Waals surface area contributed by atoms with Crippen LogP contribution < -0.4 is 0 Å². The minimum absolute atomic E-state index is 0.730. The quantitative estimate of drug-likeness (QED) is 0.890. The monoisotopic (exact) mass is 294 g/mol. The van der Waals surface area contributed by atoms with E-state index in [0.717, 1.165) is 10.3 Å². The first-order valence-electron chi connectivity index (χ1n) is 6.76. The van der Waals surface area contributed by atoms with Crippen molar-refractivity contribution in [3.63, 3.8) is 0 Å². The van der Waals surface area contributed by atoms with Gasteiger partial charge in [0.15, 0.2) is 0 Å². The largest absolute Gasteiger partial charge is 0.358 e. The Morgan fingerprint density at radius 3 is 2.79 bits per heavy atom. The maximum atomic E-state index is 6.13. The lowest BCUT2D eigenvalue weighted by Gasteiger charge is -2.28. The van der Waals surface area contributed by atoms with Crippen molar-refractivity contribution in [1.82, 2.24) is 9.88 Å². The zero-order valence-electron chi connectivity index (χ0n) is 11.4. The number of aryl methyl sites for hydroxylation is 1. The number of piperidine rings is 1. The zero-order valence-corrected chi connectivity index (χ0v) is 12.9. The van der Waals surface area contributed by atoms with Crippen LogP contribution >= 0.6 is 23.4 Å². The van der Waals surface area contributed by atoms with Gasteiger partial charge in [-0.1, -0.05) is 11.6 Å². The number of thioether (sulfide) groups is 1. The summed E-state index contributed by atoms with van der Waals surface area (Å²) < 4.78 is 0. The average Bonchev–Trinajstić information content (AvgIpc) is 2.69. The third kappa shape index (κ3) is 2.78. The summed E-state index contributed by atoms with van der Waals surface area (Å²) in [7, 11) is 2.21. The van der Waals surface area contributed by atoms with Crippen molar-refractivity contribution in [2.75, 3.05) is 20.1 Å². The van der Waals surface area contributed by atoms with Crippen LogP contribution in [0.3, 0.4) is 0 Å². The predicted octanol–water partition coefficient (Wildman–Crippen LogP) is 4.32. The minimum atomic E-state index is 0.730. The summed E-state index contributed by atoms with van der Waals surface area (Å²) in [5.74, 6) is 0. The summed E-state index contributed by atoms with van der Waals surface area (Å²) in [5, 5.41) is 2.82. The van der Waals surface area contributed by atoms with Crippen molar-refractivity contribution >= 4 is 34.3 Å². The Morgan fingerprint density at radius 1 is 1.32 bits per heavy atom. The number of rotatable bonds is 2. The normalized spacial score (nSPS) is 18.3. The number of hydrogen-bond donors (Lipinski definition) is 1. The minimum Gasteiger partial charge on any atom is -0.358 e. The Kier molecular flexibility index (Phi) is 3.79. The molecule has 2 heterocycles. The Hall–Kier alpha value is -0.640. The van der Waals surface area contributed by atoms with E-state index in [9.17, 15) is 0 Å². The van der Waals surface area contributed by atoms with Gasteiger partial charge in [0.05, 0.1) is 0 Å². The van der Waals surface area contributed by atoms with Gasteiger partial charge in [-0.25, -0.2) is 0 Å². The van der Waals surface area contributed by atoms with Crippen LogP contribution in [0.2, 0.25) is 5.02 Å². The number of benzene rings is 1. The van der Waals surface area contributed by atoms with E-state index in [1.807, 2.05) is 17.8 Å². The van der Waals surface area contributed by atoms with Crippen LogP contribution in [-0.2, 0) is 0 Å². The summed E-state index contributed by atoms with van der Waals surface area (Å²) >= 11 is 8.15. The van der Waals surface area contributed by atoms with Gasteiger partial charge >= 0.3 is 0 Å². The first-order valence-corrected chi connectivity index (χ1v) is 8.02. The van der Waals surface area contributed by atoms with E-state index in [-0.39, 0.29) is 0 Å². The SMILES string of the molecule is Cc1[nH]c2ccc(Cl)cc2c1SC1CCN(C)CC1. The molecule has 1 N–H and O–H groups in total. The molecule has 0 bridgehead atoms. The number of halogens is 1. The van der Waals surface area contributed by atoms with Crippen LogP contribution in [0.25, 0.3) is 10.9 Å². The maximum Gasteiger partial charge on any atom is 0.0468 e. The topological polar surface area (TPSA) is 19.0 Å². The molecule has 0 unspecified atom stereocenters. The van der Waals surface area contributed by atoms with Gasteiger partial charge in [-0.3, -0.25) is 0 Å². The number of fused-ring (bicyclic) bond motifs is 1. The molecular weight excluding hydrogens is 276 g/mol. The number of aromatic nitrogens is 1. The lowest BCUT2D eigenvalue weighted by Crippen LogP contribution is -2.31. The molecule has 0 atom stereocenters. The van der Waals surface area contributed by atoms with Gasteiger partial charge in [0.25, 0.3) is 0 Å². The van der Waals surface area contributed by atoms with Crippen LogP contribution in [0.4, 0.5) is 0 Å². The highest BCUT2D eigenvalue weighted by Crippen LogP contribution is 2.38. The highest BCUT2D eigenvalue weighted by atomic mass is 35.5. The van der Waals surface area contributed by atoms with E-state index >= 15 is 0 Å². The van der Waals surface area contributed by atoms with Crippen molar-refractivity contribution in [1.29, 1.82) is 0 Å². The van der Waals surface area contributed by atoms with E-state index in [0.29, 0.717) is 0 Å². The fourth-order valence-corrected chi connectivity index (χ4v) is 4.17. The van der Waals surface area contributed by atoms with Gasteiger partial charge in [-0.2, -0.15) is 0 Å². The molecule has 0 spiro atoms. The fourth-order valence-electron chi connectivity index (χ4n) is 2.70. The Bertz CT molecular complexity index is 585. The van der Waals surface area contributed by atoms with Gasteiger partial charge in [0, 0.05) is 31.8 Å². The van der Waals surface area contributed by atoms with E-state index in [1.54, 1.807) is 0 Å². The third-order valence-electron chi connectivity index (χ3n) is 3.84. The molecule has 3 rings (SSSR count). The summed E-state index contributed by atoms with van der Waals surface area (Å²) in [5.41, 5.74) is 2.46. The maximum absolute atomic E-state index is 6.13. The molecule has 0 aliphatic carbocycles. The molecule has 0 radical (unpaired) electrons.